The lowest BCUT2D eigenvalue weighted by molar-refractivity contribution is -0.150. The standard InChI is InChI=1S/C17H27N3O5S/c1-8-10-17(14(22)25-9-2,18-26(24)16(3,4)5)12-11-19(6)15(23)20(7)13(12)21/h8,11,18H,1,9-10H2,2-7H3/t17-,26?/m0/s1. The maximum atomic E-state index is 12.9. The molecule has 146 valence electrons. The van der Waals surface area contributed by atoms with E-state index in [4.69, 9.17) is 4.74 Å². The first-order valence-corrected chi connectivity index (χ1v) is 9.32. The van der Waals surface area contributed by atoms with Crippen LogP contribution in [0.15, 0.2) is 28.4 Å². The van der Waals surface area contributed by atoms with Gasteiger partial charge in [0.15, 0.2) is 5.54 Å². The van der Waals surface area contributed by atoms with Crippen LogP contribution in [0.3, 0.4) is 0 Å². The Labute approximate surface area is 155 Å². The quantitative estimate of drug-likeness (QED) is 0.543. The van der Waals surface area contributed by atoms with Crippen LogP contribution in [0.1, 0.15) is 39.7 Å². The van der Waals surface area contributed by atoms with Crippen LogP contribution in [-0.4, -0.2) is 30.7 Å². The SMILES string of the molecule is C=CC[C@@](NS(=O)C(C)(C)C)(C(=O)OCC)c1cn(C)c(=O)n(C)c1=O. The zero-order valence-corrected chi connectivity index (χ0v) is 16.9. The van der Waals surface area contributed by atoms with Crippen LogP contribution in [-0.2, 0) is 40.2 Å². The monoisotopic (exact) mass is 385 g/mol. The number of aryl methyl sites for hydroxylation is 1. The maximum Gasteiger partial charge on any atom is 0.332 e. The summed E-state index contributed by atoms with van der Waals surface area (Å²) in [6.45, 7) is 10.6. The minimum Gasteiger partial charge on any atom is -0.464 e. The topological polar surface area (TPSA) is 99.4 Å². The van der Waals surface area contributed by atoms with Gasteiger partial charge in [0.05, 0.1) is 27.9 Å². The van der Waals surface area contributed by atoms with E-state index in [0.29, 0.717) is 0 Å². The number of carbonyl (C=O) groups excluding carboxylic acids is 1. The second-order valence-corrected chi connectivity index (χ2v) is 8.87. The number of rotatable bonds is 7. The zero-order valence-electron chi connectivity index (χ0n) is 16.1. The molecule has 0 spiro atoms. The van der Waals surface area contributed by atoms with Gasteiger partial charge in [0.1, 0.15) is 0 Å². The van der Waals surface area contributed by atoms with Crippen LogP contribution in [0.4, 0.5) is 0 Å². The molecule has 2 atom stereocenters. The summed E-state index contributed by atoms with van der Waals surface area (Å²) in [6.07, 6.45) is 2.67. The molecule has 1 aromatic rings. The molecule has 1 N–H and O–H groups in total. The van der Waals surface area contributed by atoms with E-state index in [2.05, 4.69) is 11.3 Å². The number of ether oxygens (including phenoxy) is 1. The molecule has 0 aromatic carbocycles. The number of aromatic nitrogens is 2. The van der Waals surface area contributed by atoms with Crippen LogP contribution in [0.5, 0.6) is 0 Å². The minimum absolute atomic E-state index is 0.0296. The van der Waals surface area contributed by atoms with Gasteiger partial charge in [-0.3, -0.25) is 9.36 Å². The largest absolute Gasteiger partial charge is 0.464 e. The van der Waals surface area contributed by atoms with Crippen LogP contribution in [0, 0.1) is 0 Å². The van der Waals surface area contributed by atoms with Crippen LogP contribution in [0.25, 0.3) is 0 Å². The summed E-state index contributed by atoms with van der Waals surface area (Å²) >= 11 is 0. The molecular formula is C17H27N3O5S. The van der Waals surface area contributed by atoms with Gasteiger partial charge >= 0.3 is 11.7 Å². The Balaban J connectivity index is 3.82. The van der Waals surface area contributed by atoms with Crippen LogP contribution < -0.4 is 16.0 Å². The van der Waals surface area contributed by atoms with Crippen molar-refractivity contribution in [3.8, 4) is 0 Å². The molecule has 1 unspecified atom stereocenters. The second kappa shape index (κ2) is 8.13. The van der Waals surface area contributed by atoms with Crippen LogP contribution >= 0.6 is 0 Å². The number of hydrogen-bond donors (Lipinski definition) is 1. The molecular weight excluding hydrogens is 358 g/mol. The van der Waals surface area contributed by atoms with Crippen molar-refractivity contribution in [2.75, 3.05) is 6.61 Å². The summed E-state index contributed by atoms with van der Waals surface area (Å²) in [5.74, 6) is -0.756. The van der Waals surface area contributed by atoms with E-state index in [0.717, 1.165) is 4.57 Å². The van der Waals surface area contributed by atoms with E-state index in [9.17, 15) is 18.6 Å². The van der Waals surface area contributed by atoms with E-state index in [-0.39, 0.29) is 18.6 Å². The zero-order chi connectivity index (χ0) is 20.3. The van der Waals surface area contributed by atoms with Gasteiger partial charge in [0.2, 0.25) is 0 Å². The highest BCUT2D eigenvalue weighted by atomic mass is 32.2. The molecule has 0 fully saturated rings. The van der Waals surface area contributed by atoms with Crippen molar-refractivity contribution in [3.05, 3.63) is 45.3 Å². The summed E-state index contributed by atoms with van der Waals surface area (Å²) < 4.78 is 22.1. The molecule has 1 aromatic heterocycles. The lowest BCUT2D eigenvalue weighted by Gasteiger charge is -2.33. The first kappa shape index (κ1) is 22.0. The normalized spacial score (nSPS) is 15.2. The fraction of sp³-hybridized carbons (Fsp3) is 0.588. The third-order valence-electron chi connectivity index (χ3n) is 3.80. The minimum atomic E-state index is -1.73. The molecule has 1 rings (SSSR count). The summed E-state index contributed by atoms with van der Waals surface area (Å²) in [7, 11) is 1.09. The molecule has 0 aliphatic heterocycles. The number of esters is 1. The fourth-order valence-electron chi connectivity index (χ4n) is 2.32. The summed E-state index contributed by atoms with van der Waals surface area (Å²) in [6, 6.07) is 0. The van der Waals surface area contributed by atoms with Crippen LogP contribution in [0.2, 0.25) is 0 Å². The van der Waals surface area contributed by atoms with Gasteiger partial charge in [-0.15, -0.1) is 6.58 Å². The molecule has 0 radical (unpaired) electrons. The fourth-order valence-corrected chi connectivity index (χ4v) is 3.22. The lowest BCUT2D eigenvalue weighted by Crippen LogP contribution is -2.57. The molecule has 1 heterocycles. The van der Waals surface area contributed by atoms with E-state index < -0.39 is 38.5 Å². The molecule has 0 amide bonds. The number of carbonyl (C=O) groups is 1. The Morgan fingerprint density at radius 3 is 2.38 bits per heavy atom. The van der Waals surface area contributed by atoms with E-state index in [1.54, 1.807) is 27.7 Å². The molecule has 0 aliphatic carbocycles. The van der Waals surface area contributed by atoms with Crippen molar-refractivity contribution >= 4 is 17.0 Å². The number of hydrogen-bond acceptors (Lipinski definition) is 5. The lowest BCUT2D eigenvalue weighted by atomic mass is 9.89. The Hall–Kier alpha value is -2.00. The number of nitrogens with one attached hydrogen (secondary N) is 1. The average Bonchev–Trinajstić information content (AvgIpc) is 2.55. The van der Waals surface area contributed by atoms with E-state index in [1.165, 1.54) is 30.9 Å². The van der Waals surface area contributed by atoms with Crippen molar-refractivity contribution in [3.63, 3.8) is 0 Å². The van der Waals surface area contributed by atoms with Crippen molar-refractivity contribution in [2.24, 2.45) is 14.1 Å². The average molecular weight is 385 g/mol. The van der Waals surface area contributed by atoms with Crippen molar-refractivity contribution in [2.45, 2.75) is 44.4 Å². The van der Waals surface area contributed by atoms with Gasteiger partial charge in [-0.25, -0.2) is 18.5 Å². The molecule has 9 heteroatoms. The Bertz CT molecular complexity index is 834. The van der Waals surface area contributed by atoms with Gasteiger partial charge in [0.25, 0.3) is 5.56 Å². The molecule has 0 bridgehead atoms. The Morgan fingerprint density at radius 2 is 1.92 bits per heavy atom. The highest BCUT2D eigenvalue weighted by Crippen LogP contribution is 2.27. The molecule has 26 heavy (non-hydrogen) atoms. The third kappa shape index (κ3) is 4.21. The van der Waals surface area contributed by atoms with Crippen molar-refractivity contribution in [1.29, 1.82) is 0 Å². The predicted molar refractivity (Wildman–Crippen MR) is 101 cm³/mol. The maximum absolute atomic E-state index is 12.9. The van der Waals surface area contributed by atoms with Gasteiger partial charge in [-0.05, 0) is 34.1 Å². The highest BCUT2D eigenvalue weighted by Gasteiger charge is 2.46. The Kier molecular flexibility index (Phi) is 6.89. The second-order valence-electron chi connectivity index (χ2n) is 6.90. The molecule has 0 saturated heterocycles. The van der Waals surface area contributed by atoms with E-state index >= 15 is 0 Å². The van der Waals surface area contributed by atoms with Gasteiger partial charge < -0.3 is 9.30 Å². The van der Waals surface area contributed by atoms with Gasteiger partial charge in [-0.1, -0.05) is 6.08 Å². The van der Waals surface area contributed by atoms with E-state index in [1.807, 2.05) is 0 Å². The molecule has 0 aliphatic rings. The molecule has 0 saturated carbocycles. The third-order valence-corrected chi connectivity index (χ3v) is 5.45. The molecule has 8 nitrogen and oxygen atoms in total. The van der Waals surface area contributed by atoms with Gasteiger partial charge in [0, 0.05) is 20.3 Å². The van der Waals surface area contributed by atoms with Crippen molar-refractivity contribution in [1.82, 2.24) is 13.9 Å². The first-order valence-electron chi connectivity index (χ1n) is 8.17. The smallest absolute Gasteiger partial charge is 0.332 e. The predicted octanol–water partition coefficient (Wildman–Crippen LogP) is 0.470. The summed E-state index contributed by atoms with van der Waals surface area (Å²) in [5.41, 5.74) is -2.96. The summed E-state index contributed by atoms with van der Waals surface area (Å²) in [4.78, 5) is 37.7. The summed E-state index contributed by atoms with van der Waals surface area (Å²) in [5, 5.41) is 0. The first-order chi connectivity index (χ1) is 11.9. The Morgan fingerprint density at radius 1 is 1.35 bits per heavy atom. The van der Waals surface area contributed by atoms with Gasteiger partial charge in [-0.2, -0.15) is 0 Å². The highest BCUT2D eigenvalue weighted by molar-refractivity contribution is 7.84. The van der Waals surface area contributed by atoms with Crippen molar-refractivity contribution < 1.29 is 13.7 Å². The number of nitrogens with zero attached hydrogens (tertiary/aromatic N) is 2.